The molecule has 0 amide bonds. The first-order valence-electron chi connectivity index (χ1n) is 9.68. The van der Waals surface area contributed by atoms with Crippen molar-refractivity contribution >= 4 is 23.8 Å². The topological polar surface area (TPSA) is 75.1 Å². The Morgan fingerprint density at radius 1 is 0.929 bits per heavy atom. The van der Waals surface area contributed by atoms with Crippen LogP contribution in [0.4, 0.5) is 17.6 Å². The van der Waals surface area contributed by atoms with Crippen LogP contribution >= 0.6 is 0 Å². The number of nitrogens with zero attached hydrogens (tertiary/aromatic N) is 5. The number of morpholine rings is 2. The maximum atomic E-state index is 5.47. The number of ether oxygens (including phenoxy) is 2. The summed E-state index contributed by atoms with van der Waals surface area (Å²) in [5.41, 5.74) is 5.33. The lowest BCUT2D eigenvalue weighted by Crippen LogP contribution is -2.39. The van der Waals surface area contributed by atoms with Gasteiger partial charge in [-0.25, -0.2) is 0 Å². The van der Waals surface area contributed by atoms with E-state index in [9.17, 15) is 0 Å². The minimum atomic E-state index is 0.682. The average Bonchev–Trinajstić information content (AvgIpc) is 2.76. The maximum Gasteiger partial charge on any atom is 0.229 e. The second-order valence-electron chi connectivity index (χ2n) is 6.89. The van der Waals surface area contributed by atoms with E-state index in [4.69, 9.17) is 14.5 Å². The summed E-state index contributed by atoms with van der Waals surface area (Å²) in [6, 6.07) is 10.2. The third-order valence-corrected chi connectivity index (χ3v) is 4.80. The van der Waals surface area contributed by atoms with Gasteiger partial charge in [-0.3, -0.25) is 5.43 Å². The second kappa shape index (κ2) is 8.99. The molecule has 28 heavy (non-hydrogen) atoms. The highest BCUT2D eigenvalue weighted by Crippen LogP contribution is 2.22. The zero-order valence-corrected chi connectivity index (χ0v) is 16.2. The molecule has 0 spiro atoms. The first-order valence-corrected chi connectivity index (χ1v) is 9.68. The number of hydrogen-bond acceptors (Lipinski definition) is 8. The lowest BCUT2D eigenvalue weighted by Gasteiger charge is -2.31. The number of benzene rings is 1. The summed E-state index contributed by atoms with van der Waals surface area (Å²) in [6.07, 6.45) is 1.80. The summed E-state index contributed by atoms with van der Waals surface area (Å²) >= 11 is 0. The van der Waals surface area contributed by atoms with E-state index in [1.807, 2.05) is 18.2 Å². The molecule has 2 aromatic rings. The van der Waals surface area contributed by atoms with Gasteiger partial charge in [-0.15, -0.1) is 0 Å². The monoisotopic (exact) mass is 382 g/mol. The molecule has 0 saturated carbocycles. The quantitative estimate of drug-likeness (QED) is 0.625. The molecule has 0 aliphatic carbocycles. The van der Waals surface area contributed by atoms with Crippen LogP contribution < -0.4 is 15.2 Å². The fourth-order valence-corrected chi connectivity index (χ4v) is 3.16. The molecular weight excluding hydrogens is 356 g/mol. The van der Waals surface area contributed by atoms with E-state index in [0.29, 0.717) is 38.2 Å². The average molecular weight is 382 g/mol. The van der Waals surface area contributed by atoms with Gasteiger partial charge in [-0.2, -0.15) is 15.1 Å². The standard InChI is InChI=1S/C20H26N6O2/c1-16-2-4-17(5-3-16)15-21-24-18-14-19(25-6-10-27-11-7-25)23-20(22-18)26-8-12-28-13-9-26/h2-5,14-15H,6-13H2,1H3,(H,22,23,24)/b21-15+. The van der Waals surface area contributed by atoms with Gasteiger partial charge in [0.2, 0.25) is 5.95 Å². The zero-order chi connectivity index (χ0) is 19.2. The molecule has 1 aromatic carbocycles. The van der Waals surface area contributed by atoms with E-state index in [1.54, 1.807) is 6.21 Å². The minimum Gasteiger partial charge on any atom is -0.378 e. The molecule has 0 bridgehead atoms. The van der Waals surface area contributed by atoms with Crippen molar-refractivity contribution < 1.29 is 9.47 Å². The Morgan fingerprint density at radius 2 is 1.57 bits per heavy atom. The lowest BCUT2D eigenvalue weighted by atomic mass is 10.2. The van der Waals surface area contributed by atoms with Crippen LogP contribution in [0.15, 0.2) is 35.4 Å². The van der Waals surface area contributed by atoms with Gasteiger partial charge in [-0.05, 0) is 12.5 Å². The van der Waals surface area contributed by atoms with E-state index < -0.39 is 0 Å². The van der Waals surface area contributed by atoms with Crippen molar-refractivity contribution in [2.45, 2.75) is 6.92 Å². The normalized spacial score (nSPS) is 17.9. The number of aryl methyl sites for hydroxylation is 1. The van der Waals surface area contributed by atoms with Gasteiger partial charge in [0, 0.05) is 32.2 Å². The predicted octanol–water partition coefficient (Wildman–Crippen LogP) is 1.90. The minimum absolute atomic E-state index is 0.682. The Bertz CT molecular complexity index is 763. The van der Waals surface area contributed by atoms with Crippen molar-refractivity contribution in [1.29, 1.82) is 0 Å². The molecule has 4 rings (SSSR count). The van der Waals surface area contributed by atoms with Gasteiger partial charge < -0.3 is 19.3 Å². The molecule has 0 radical (unpaired) electrons. The molecular formula is C20H26N6O2. The number of rotatable bonds is 5. The molecule has 0 unspecified atom stereocenters. The van der Waals surface area contributed by atoms with Crippen LogP contribution in [0, 0.1) is 6.92 Å². The Kier molecular flexibility index (Phi) is 5.98. The van der Waals surface area contributed by atoms with Crippen LogP contribution in [0.2, 0.25) is 0 Å². The molecule has 2 saturated heterocycles. The Hall–Kier alpha value is -2.71. The smallest absolute Gasteiger partial charge is 0.229 e. The number of nitrogens with one attached hydrogen (secondary N) is 1. The predicted molar refractivity (Wildman–Crippen MR) is 110 cm³/mol. The fraction of sp³-hybridized carbons (Fsp3) is 0.450. The number of hydrogen-bond donors (Lipinski definition) is 1. The summed E-state index contributed by atoms with van der Waals surface area (Å²) in [5, 5.41) is 4.36. The van der Waals surface area contributed by atoms with Gasteiger partial charge in [-0.1, -0.05) is 29.8 Å². The Balaban J connectivity index is 1.54. The molecule has 148 valence electrons. The Labute approximate surface area is 165 Å². The summed E-state index contributed by atoms with van der Waals surface area (Å²) < 4.78 is 10.9. The van der Waals surface area contributed by atoms with Crippen molar-refractivity contribution in [2.75, 3.05) is 67.8 Å². The highest BCUT2D eigenvalue weighted by atomic mass is 16.5. The molecule has 8 heteroatoms. The van der Waals surface area contributed by atoms with Crippen LogP contribution in [-0.2, 0) is 9.47 Å². The van der Waals surface area contributed by atoms with Crippen molar-refractivity contribution in [1.82, 2.24) is 9.97 Å². The molecule has 2 aliphatic rings. The lowest BCUT2D eigenvalue weighted by molar-refractivity contribution is 0.121. The molecule has 2 fully saturated rings. The highest BCUT2D eigenvalue weighted by molar-refractivity contribution is 5.80. The van der Waals surface area contributed by atoms with Gasteiger partial charge in [0.25, 0.3) is 0 Å². The first-order chi connectivity index (χ1) is 13.8. The fourth-order valence-electron chi connectivity index (χ4n) is 3.16. The summed E-state index contributed by atoms with van der Waals surface area (Å²) in [4.78, 5) is 13.8. The van der Waals surface area contributed by atoms with Crippen molar-refractivity contribution in [3.63, 3.8) is 0 Å². The number of hydrazone groups is 1. The van der Waals surface area contributed by atoms with E-state index in [1.165, 1.54) is 5.56 Å². The van der Waals surface area contributed by atoms with Gasteiger partial charge in [0.05, 0.1) is 32.6 Å². The summed E-state index contributed by atoms with van der Waals surface area (Å²) in [5.74, 6) is 2.29. The summed E-state index contributed by atoms with van der Waals surface area (Å²) in [7, 11) is 0. The van der Waals surface area contributed by atoms with Crippen molar-refractivity contribution in [3.05, 3.63) is 41.5 Å². The van der Waals surface area contributed by atoms with E-state index in [0.717, 1.165) is 37.6 Å². The molecule has 8 nitrogen and oxygen atoms in total. The van der Waals surface area contributed by atoms with Crippen LogP contribution in [0.25, 0.3) is 0 Å². The second-order valence-corrected chi connectivity index (χ2v) is 6.89. The third-order valence-electron chi connectivity index (χ3n) is 4.80. The SMILES string of the molecule is Cc1ccc(/C=N/Nc2cc(N3CCOCC3)nc(N3CCOCC3)n2)cc1. The zero-order valence-electron chi connectivity index (χ0n) is 16.2. The van der Waals surface area contributed by atoms with Gasteiger partial charge in [0.1, 0.15) is 5.82 Å². The highest BCUT2D eigenvalue weighted by Gasteiger charge is 2.19. The van der Waals surface area contributed by atoms with E-state index in [2.05, 4.69) is 44.4 Å². The van der Waals surface area contributed by atoms with E-state index in [-0.39, 0.29) is 0 Å². The Morgan fingerprint density at radius 3 is 2.25 bits per heavy atom. The van der Waals surface area contributed by atoms with Crippen LogP contribution in [0.5, 0.6) is 0 Å². The largest absolute Gasteiger partial charge is 0.378 e. The maximum absolute atomic E-state index is 5.47. The molecule has 3 heterocycles. The summed E-state index contributed by atoms with van der Waals surface area (Å²) in [6.45, 7) is 8.12. The first kappa shape index (κ1) is 18.6. The third kappa shape index (κ3) is 4.76. The molecule has 2 aliphatic heterocycles. The van der Waals surface area contributed by atoms with Gasteiger partial charge >= 0.3 is 0 Å². The van der Waals surface area contributed by atoms with Crippen molar-refractivity contribution in [3.8, 4) is 0 Å². The van der Waals surface area contributed by atoms with Crippen LogP contribution in [-0.4, -0.2) is 68.8 Å². The van der Waals surface area contributed by atoms with Gasteiger partial charge in [0.15, 0.2) is 5.82 Å². The van der Waals surface area contributed by atoms with Crippen LogP contribution in [0.3, 0.4) is 0 Å². The molecule has 1 N–H and O–H groups in total. The van der Waals surface area contributed by atoms with Crippen LogP contribution in [0.1, 0.15) is 11.1 Å². The molecule has 1 aromatic heterocycles. The van der Waals surface area contributed by atoms with E-state index >= 15 is 0 Å². The number of anilines is 3. The van der Waals surface area contributed by atoms with Crippen molar-refractivity contribution in [2.24, 2.45) is 5.10 Å². The number of aromatic nitrogens is 2. The molecule has 0 atom stereocenters.